The molecule has 19 heavy (non-hydrogen) atoms. The molecule has 100 valence electrons. The van der Waals surface area contributed by atoms with Crippen LogP contribution in [-0.4, -0.2) is 31.6 Å². The van der Waals surface area contributed by atoms with Crippen LogP contribution in [0.15, 0.2) is 18.2 Å². The van der Waals surface area contributed by atoms with Crippen molar-refractivity contribution < 1.29 is 10.2 Å². The van der Waals surface area contributed by atoms with Crippen LogP contribution in [0, 0.1) is 12.8 Å². The third kappa shape index (κ3) is 2.10. The number of rotatable bonds is 2. The molecule has 5 heteroatoms. The van der Waals surface area contributed by atoms with E-state index in [1.807, 2.05) is 19.1 Å². The average molecular weight is 259 g/mol. The Hall–Kier alpha value is -1.88. The number of aromatic nitrogens is 3. The van der Waals surface area contributed by atoms with Gasteiger partial charge in [0.05, 0.1) is 0 Å². The van der Waals surface area contributed by atoms with Gasteiger partial charge in [-0.25, -0.2) is 0 Å². The number of phenolic OH excluding ortho intramolecular Hbond substituents is 1. The fourth-order valence-corrected chi connectivity index (χ4v) is 2.55. The summed E-state index contributed by atoms with van der Waals surface area (Å²) in [5, 5.41) is 27.4. The molecular weight excluding hydrogens is 242 g/mol. The van der Waals surface area contributed by atoms with Gasteiger partial charge >= 0.3 is 0 Å². The minimum atomic E-state index is 0.200. The van der Waals surface area contributed by atoms with Gasteiger partial charge in [0.25, 0.3) is 0 Å². The molecule has 3 rings (SSSR count). The highest BCUT2D eigenvalue weighted by Gasteiger charge is 2.23. The molecule has 2 aromatic rings. The summed E-state index contributed by atoms with van der Waals surface area (Å²) in [6.45, 7) is 2.82. The molecule has 0 spiro atoms. The first-order valence-corrected chi connectivity index (χ1v) is 6.52. The summed E-state index contributed by atoms with van der Waals surface area (Å²) in [5.41, 5.74) is 1.78. The highest BCUT2D eigenvalue weighted by atomic mass is 16.3. The highest BCUT2D eigenvalue weighted by Crippen LogP contribution is 2.28. The molecule has 1 aromatic carbocycles. The number of aliphatic hydroxyl groups excluding tert-OH is 1. The molecule has 1 unspecified atom stereocenters. The lowest BCUT2D eigenvalue weighted by Crippen LogP contribution is -2.23. The van der Waals surface area contributed by atoms with Crippen LogP contribution in [-0.2, 0) is 13.0 Å². The molecule has 1 aliphatic rings. The molecule has 0 saturated heterocycles. The van der Waals surface area contributed by atoms with Gasteiger partial charge in [0.1, 0.15) is 11.6 Å². The predicted molar refractivity (Wildman–Crippen MR) is 70.8 cm³/mol. The van der Waals surface area contributed by atoms with Crippen LogP contribution in [0.25, 0.3) is 11.4 Å². The van der Waals surface area contributed by atoms with Crippen LogP contribution in [0.1, 0.15) is 17.8 Å². The van der Waals surface area contributed by atoms with Crippen molar-refractivity contribution in [3.8, 4) is 17.1 Å². The van der Waals surface area contributed by atoms with E-state index in [-0.39, 0.29) is 18.3 Å². The Bertz CT molecular complexity index is 607. The van der Waals surface area contributed by atoms with Gasteiger partial charge in [0.2, 0.25) is 0 Å². The summed E-state index contributed by atoms with van der Waals surface area (Å²) in [7, 11) is 0. The minimum Gasteiger partial charge on any atom is -0.508 e. The van der Waals surface area contributed by atoms with Gasteiger partial charge in [-0.05, 0) is 37.1 Å². The predicted octanol–water partition coefficient (Wildman–Crippen LogP) is 1.51. The largest absolute Gasteiger partial charge is 0.508 e. The molecule has 0 bridgehead atoms. The van der Waals surface area contributed by atoms with Crippen molar-refractivity contribution in [1.82, 2.24) is 14.8 Å². The van der Waals surface area contributed by atoms with Crippen LogP contribution in [0.2, 0.25) is 0 Å². The number of nitrogens with zero attached hydrogens (tertiary/aromatic N) is 3. The van der Waals surface area contributed by atoms with Gasteiger partial charge < -0.3 is 14.8 Å². The molecule has 2 heterocycles. The lowest BCUT2D eigenvalue weighted by atomic mass is 10.00. The first-order valence-electron chi connectivity index (χ1n) is 6.52. The van der Waals surface area contributed by atoms with Crippen molar-refractivity contribution in [2.24, 2.45) is 5.92 Å². The molecule has 0 fully saturated rings. The Morgan fingerprint density at radius 1 is 1.37 bits per heavy atom. The number of fused-ring (bicyclic) bond motifs is 1. The molecule has 0 radical (unpaired) electrons. The normalized spacial score (nSPS) is 18.3. The first-order chi connectivity index (χ1) is 9.19. The summed E-state index contributed by atoms with van der Waals surface area (Å²) in [6, 6.07) is 5.44. The van der Waals surface area contributed by atoms with Crippen molar-refractivity contribution in [3.63, 3.8) is 0 Å². The minimum absolute atomic E-state index is 0.200. The molecule has 2 N–H and O–H groups in total. The molecule has 1 aliphatic heterocycles. The zero-order valence-electron chi connectivity index (χ0n) is 10.9. The average Bonchev–Trinajstić information content (AvgIpc) is 2.84. The quantitative estimate of drug-likeness (QED) is 0.857. The summed E-state index contributed by atoms with van der Waals surface area (Å²) >= 11 is 0. The Kier molecular flexibility index (Phi) is 2.98. The number of benzene rings is 1. The van der Waals surface area contributed by atoms with Crippen LogP contribution in [0.4, 0.5) is 0 Å². The van der Waals surface area contributed by atoms with Crippen LogP contribution < -0.4 is 0 Å². The van der Waals surface area contributed by atoms with Crippen LogP contribution >= 0.6 is 0 Å². The second kappa shape index (κ2) is 4.66. The topological polar surface area (TPSA) is 71.2 Å². The zero-order chi connectivity index (χ0) is 13.4. The molecule has 1 aromatic heterocycles. The molecular formula is C14H17N3O2. The van der Waals surface area contributed by atoms with Gasteiger partial charge in [-0.15, -0.1) is 10.2 Å². The van der Waals surface area contributed by atoms with Gasteiger partial charge in [0, 0.05) is 31.1 Å². The summed E-state index contributed by atoms with van der Waals surface area (Å²) in [6.07, 6.45) is 1.82. The number of hydrogen-bond acceptors (Lipinski definition) is 4. The van der Waals surface area contributed by atoms with E-state index >= 15 is 0 Å². The summed E-state index contributed by atoms with van der Waals surface area (Å²) in [5.74, 6) is 2.36. The number of hydrogen-bond donors (Lipinski definition) is 2. The number of aromatic hydroxyl groups is 1. The third-order valence-electron chi connectivity index (χ3n) is 3.76. The van der Waals surface area contributed by atoms with E-state index in [0.29, 0.717) is 0 Å². The van der Waals surface area contributed by atoms with Crippen molar-refractivity contribution in [2.75, 3.05) is 6.61 Å². The van der Waals surface area contributed by atoms with E-state index in [0.717, 1.165) is 42.2 Å². The second-order valence-electron chi connectivity index (χ2n) is 5.14. The highest BCUT2D eigenvalue weighted by molar-refractivity contribution is 5.59. The lowest BCUT2D eigenvalue weighted by Gasteiger charge is -2.22. The third-order valence-corrected chi connectivity index (χ3v) is 3.76. The second-order valence-corrected chi connectivity index (χ2v) is 5.14. The molecule has 5 nitrogen and oxygen atoms in total. The maximum absolute atomic E-state index is 9.58. The summed E-state index contributed by atoms with van der Waals surface area (Å²) in [4.78, 5) is 0. The van der Waals surface area contributed by atoms with Crippen molar-refractivity contribution >= 4 is 0 Å². The smallest absolute Gasteiger partial charge is 0.163 e. The van der Waals surface area contributed by atoms with Gasteiger partial charge in [-0.1, -0.05) is 0 Å². The fraction of sp³-hybridized carbons (Fsp3) is 0.429. The lowest BCUT2D eigenvalue weighted by molar-refractivity contribution is 0.191. The first kappa shape index (κ1) is 12.2. The van der Waals surface area contributed by atoms with Crippen LogP contribution in [0.5, 0.6) is 5.75 Å². The van der Waals surface area contributed by atoms with Gasteiger partial charge in [0.15, 0.2) is 5.82 Å². The molecule has 0 amide bonds. The Morgan fingerprint density at radius 2 is 2.21 bits per heavy atom. The number of aliphatic hydroxyl groups is 1. The summed E-state index contributed by atoms with van der Waals surface area (Å²) < 4.78 is 2.08. The standard InChI is InChI=1S/C14H17N3O2/c1-9-6-11(3-4-12(9)19)14-16-15-13-5-2-10(8-18)7-17(13)14/h3-4,6,10,18-19H,2,5,7-8H2,1H3. The molecule has 1 atom stereocenters. The maximum Gasteiger partial charge on any atom is 0.163 e. The van der Waals surface area contributed by atoms with Crippen molar-refractivity contribution in [1.29, 1.82) is 0 Å². The SMILES string of the molecule is Cc1cc(-c2nnc3n2CC(CO)CC3)ccc1O. The zero-order valence-corrected chi connectivity index (χ0v) is 10.9. The molecule has 0 saturated carbocycles. The van der Waals surface area contributed by atoms with E-state index in [2.05, 4.69) is 14.8 Å². The number of phenols is 1. The van der Waals surface area contributed by atoms with E-state index in [4.69, 9.17) is 0 Å². The Balaban J connectivity index is 2.02. The van der Waals surface area contributed by atoms with Gasteiger partial charge in [-0.3, -0.25) is 0 Å². The van der Waals surface area contributed by atoms with Gasteiger partial charge in [-0.2, -0.15) is 0 Å². The van der Waals surface area contributed by atoms with Crippen LogP contribution in [0.3, 0.4) is 0 Å². The fourth-order valence-electron chi connectivity index (χ4n) is 2.55. The van der Waals surface area contributed by atoms with E-state index < -0.39 is 0 Å². The van der Waals surface area contributed by atoms with E-state index in [1.165, 1.54) is 0 Å². The van der Waals surface area contributed by atoms with E-state index in [9.17, 15) is 10.2 Å². The maximum atomic E-state index is 9.58. The Labute approximate surface area is 111 Å². The number of aryl methyl sites for hydroxylation is 2. The monoisotopic (exact) mass is 259 g/mol. The molecule has 0 aliphatic carbocycles. The van der Waals surface area contributed by atoms with Crippen molar-refractivity contribution in [2.45, 2.75) is 26.3 Å². The Morgan fingerprint density at radius 3 is 2.95 bits per heavy atom. The van der Waals surface area contributed by atoms with E-state index in [1.54, 1.807) is 6.07 Å². The van der Waals surface area contributed by atoms with Crippen molar-refractivity contribution in [3.05, 3.63) is 29.6 Å².